The van der Waals surface area contributed by atoms with Crippen molar-refractivity contribution in [2.75, 3.05) is 6.54 Å². The third-order valence-corrected chi connectivity index (χ3v) is 3.71. The van der Waals surface area contributed by atoms with Crippen LogP contribution in [0.5, 0.6) is 0 Å². The molecule has 4 heteroatoms. The summed E-state index contributed by atoms with van der Waals surface area (Å²) in [6, 6.07) is 14.2. The number of pyridine rings is 1. The van der Waals surface area contributed by atoms with Gasteiger partial charge in [0.05, 0.1) is 0 Å². The highest BCUT2D eigenvalue weighted by molar-refractivity contribution is 7.90. The van der Waals surface area contributed by atoms with Crippen LogP contribution in [0.15, 0.2) is 66.9 Å². The van der Waals surface area contributed by atoms with Gasteiger partial charge >= 0.3 is 0 Å². The number of hydrogen-bond acceptors (Lipinski definition) is 4. The fourth-order valence-electron chi connectivity index (χ4n) is 2.08. The van der Waals surface area contributed by atoms with Crippen LogP contribution in [0.2, 0.25) is 0 Å². The summed E-state index contributed by atoms with van der Waals surface area (Å²) in [7, 11) is 0. The molecule has 0 spiro atoms. The molecule has 1 N–H and O–H groups in total. The first-order valence-corrected chi connectivity index (χ1v) is 7.95. The van der Waals surface area contributed by atoms with E-state index in [1.807, 2.05) is 36.5 Å². The minimum absolute atomic E-state index is 0.747. The van der Waals surface area contributed by atoms with Crippen molar-refractivity contribution in [3.05, 3.63) is 83.7 Å². The maximum absolute atomic E-state index is 10.2. The second kappa shape index (κ2) is 9.77. The fraction of sp³-hybridized carbons (Fsp3) is 0.158. The molecular formula is C19H20N2OS. The summed E-state index contributed by atoms with van der Waals surface area (Å²) in [6.07, 6.45) is 8.42. The predicted molar refractivity (Wildman–Crippen MR) is 98.3 cm³/mol. The summed E-state index contributed by atoms with van der Waals surface area (Å²) in [6.45, 7) is 1.72. The van der Waals surface area contributed by atoms with Gasteiger partial charge in [-0.15, -0.1) is 12.6 Å². The van der Waals surface area contributed by atoms with Gasteiger partial charge in [-0.1, -0.05) is 36.4 Å². The standard InChI is InChI=1S/C19H20N2OS/c22-14-4-2-6-19(23)17-9-7-16(8-10-17)15-20-13-11-18-5-1-3-12-21-18/h1-10,12,14,20,23H,11,13,15H2/b4-2+,19-6-. The van der Waals surface area contributed by atoms with Crippen molar-refractivity contribution in [3.63, 3.8) is 0 Å². The summed E-state index contributed by atoms with van der Waals surface area (Å²) in [5.41, 5.74) is 3.35. The van der Waals surface area contributed by atoms with E-state index in [0.717, 1.165) is 42.0 Å². The number of nitrogens with zero attached hydrogens (tertiary/aromatic N) is 1. The Kier molecular flexibility index (Phi) is 7.30. The lowest BCUT2D eigenvalue weighted by molar-refractivity contribution is -0.104. The van der Waals surface area contributed by atoms with E-state index in [-0.39, 0.29) is 0 Å². The molecule has 1 aromatic carbocycles. The van der Waals surface area contributed by atoms with E-state index in [0.29, 0.717) is 0 Å². The van der Waals surface area contributed by atoms with Crippen LogP contribution < -0.4 is 5.32 Å². The van der Waals surface area contributed by atoms with E-state index >= 15 is 0 Å². The zero-order valence-corrected chi connectivity index (χ0v) is 13.7. The maximum atomic E-state index is 10.2. The summed E-state index contributed by atoms with van der Waals surface area (Å²) >= 11 is 4.42. The van der Waals surface area contributed by atoms with Gasteiger partial charge in [0.15, 0.2) is 0 Å². The van der Waals surface area contributed by atoms with Crippen molar-refractivity contribution in [2.24, 2.45) is 0 Å². The quantitative estimate of drug-likeness (QED) is 0.257. The Morgan fingerprint density at radius 2 is 1.96 bits per heavy atom. The number of carbonyl (C=O) groups excluding carboxylic acids is 1. The van der Waals surface area contributed by atoms with Crippen LogP contribution in [-0.4, -0.2) is 17.8 Å². The molecule has 0 aliphatic carbocycles. The Bertz CT molecular complexity index is 664. The molecule has 3 nitrogen and oxygen atoms in total. The molecule has 0 aliphatic rings. The largest absolute Gasteiger partial charge is 0.312 e. The summed E-state index contributed by atoms with van der Waals surface area (Å²) in [4.78, 5) is 15.4. The zero-order chi connectivity index (χ0) is 16.3. The average Bonchev–Trinajstić information content (AvgIpc) is 2.60. The van der Waals surface area contributed by atoms with Crippen molar-refractivity contribution in [2.45, 2.75) is 13.0 Å². The zero-order valence-electron chi connectivity index (χ0n) is 12.9. The monoisotopic (exact) mass is 324 g/mol. The average molecular weight is 324 g/mol. The number of aldehydes is 1. The lowest BCUT2D eigenvalue weighted by atomic mass is 10.1. The van der Waals surface area contributed by atoms with E-state index in [2.05, 4.69) is 35.1 Å². The predicted octanol–water partition coefficient (Wildman–Crippen LogP) is 3.44. The van der Waals surface area contributed by atoms with Gasteiger partial charge in [0, 0.05) is 36.3 Å². The second-order valence-electron chi connectivity index (χ2n) is 5.02. The molecule has 23 heavy (non-hydrogen) atoms. The van der Waals surface area contributed by atoms with Crippen molar-refractivity contribution < 1.29 is 4.79 Å². The minimum Gasteiger partial charge on any atom is -0.312 e. The molecule has 2 rings (SSSR count). The number of nitrogens with one attached hydrogen (secondary N) is 1. The molecule has 2 aromatic rings. The van der Waals surface area contributed by atoms with E-state index in [1.165, 1.54) is 11.6 Å². The Hall–Kier alpha value is -2.17. The van der Waals surface area contributed by atoms with Gasteiger partial charge in [0.25, 0.3) is 0 Å². The molecule has 0 saturated heterocycles. The van der Waals surface area contributed by atoms with Crippen LogP contribution in [0.4, 0.5) is 0 Å². The highest BCUT2D eigenvalue weighted by Gasteiger charge is 1.98. The first-order chi connectivity index (χ1) is 11.3. The number of rotatable bonds is 8. The number of benzene rings is 1. The summed E-state index contributed by atoms with van der Waals surface area (Å²) in [5.74, 6) is 0. The molecular weight excluding hydrogens is 304 g/mol. The van der Waals surface area contributed by atoms with E-state index in [1.54, 1.807) is 12.2 Å². The number of carbonyl (C=O) groups is 1. The van der Waals surface area contributed by atoms with Gasteiger partial charge < -0.3 is 5.32 Å². The fourth-order valence-corrected chi connectivity index (χ4v) is 2.31. The molecule has 0 amide bonds. The van der Waals surface area contributed by atoms with Gasteiger partial charge in [-0.05, 0) is 35.4 Å². The molecule has 1 aromatic heterocycles. The highest BCUT2D eigenvalue weighted by atomic mass is 32.1. The van der Waals surface area contributed by atoms with Crippen LogP contribution in [-0.2, 0) is 17.8 Å². The van der Waals surface area contributed by atoms with Crippen LogP contribution >= 0.6 is 12.6 Å². The van der Waals surface area contributed by atoms with Gasteiger partial charge in [-0.25, -0.2) is 0 Å². The Balaban J connectivity index is 1.79. The first kappa shape index (κ1) is 17.2. The van der Waals surface area contributed by atoms with Crippen LogP contribution in [0.3, 0.4) is 0 Å². The van der Waals surface area contributed by atoms with Crippen molar-refractivity contribution in [1.29, 1.82) is 0 Å². The molecule has 1 heterocycles. The molecule has 0 radical (unpaired) electrons. The summed E-state index contributed by atoms with van der Waals surface area (Å²) < 4.78 is 0. The molecule has 0 unspecified atom stereocenters. The van der Waals surface area contributed by atoms with Crippen molar-refractivity contribution in [3.8, 4) is 0 Å². The molecule has 118 valence electrons. The van der Waals surface area contributed by atoms with Crippen molar-refractivity contribution in [1.82, 2.24) is 10.3 Å². The lowest BCUT2D eigenvalue weighted by Gasteiger charge is -2.06. The third-order valence-electron chi connectivity index (χ3n) is 3.31. The normalized spacial score (nSPS) is 11.8. The van der Waals surface area contributed by atoms with E-state index < -0.39 is 0 Å². The molecule has 0 bridgehead atoms. The van der Waals surface area contributed by atoms with Crippen LogP contribution in [0, 0.1) is 0 Å². The molecule has 0 saturated carbocycles. The maximum Gasteiger partial charge on any atom is 0.142 e. The van der Waals surface area contributed by atoms with Gasteiger partial charge in [-0.2, -0.15) is 0 Å². The van der Waals surface area contributed by atoms with Crippen LogP contribution in [0.1, 0.15) is 16.8 Å². The molecule has 0 aliphatic heterocycles. The molecule has 0 fully saturated rings. The topological polar surface area (TPSA) is 42.0 Å². The Morgan fingerprint density at radius 1 is 1.13 bits per heavy atom. The second-order valence-corrected chi connectivity index (χ2v) is 5.50. The van der Waals surface area contributed by atoms with E-state index in [4.69, 9.17) is 0 Å². The number of allylic oxidation sites excluding steroid dienone is 3. The Morgan fingerprint density at radius 3 is 2.65 bits per heavy atom. The SMILES string of the molecule is O=C/C=C/C=C(\S)c1ccc(CNCCc2ccccn2)cc1. The van der Waals surface area contributed by atoms with Crippen molar-refractivity contribution >= 4 is 23.8 Å². The smallest absolute Gasteiger partial charge is 0.142 e. The lowest BCUT2D eigenvalue weighted by Crippen LogP contribution is -2.17. The van der Waals surface area contributed by atoms with Crippen LogP contribution in [0.25, 0.3) is 4.91 Å². The van der Waals surface area contributed by atoms with E-state index in [9.17, 15) is 4.79 Å². The van der Waals surface area contributed by atoms with Gasteiger partial charge in [0.1, 0.15) is 6.29 Å². The number of aromatic nitrogens is 1. The van der Waals surface area contributed by atoms with Gasteiger partial charge in [-0.3, -0.25) is 9.78 Å². The summed E-state index contributed by atoms with van der Waals surface area (Å²) in [5, 5.41) is 3.42. The number of thiol groups is 1. The highest BCUT2D eigenvalue weighted by Crippen LogP contribution is 2.18. The van der Waals surface area contributed by atoms with Gasteiger partial charge in [0.2, 0.25) is 0 Å². The molecule has 0 atom stereocenters. The number of hydrogen-bond donors (Lipinski definition) is 2. The minimum atomic E-state index is 0.747. The first-order valence-electron chi connectivity index (χ1n) is 7.50. The Labute approximate surface area is 142 Å². The third kappa shape index (κ3) is 6.22.